The molecular formula is C20H32N4O3S2. The van der Waals surface area contributed by atoms with Gasteiger partial charge in [0, 0.05) is 17.8 Å². The van der Waals surface area contributed by atoms with Crippen molar-refractivity contribution < 1.29 is 14.7 Å². The second-order valence-electron chi connectivity index (χ2n) is 8.28. The van der Waals surface area contributed by atoms with Crippen molar-refractivity contribution in [1.82, 2.24) is 9.88 Å². The quantitative estimate of drug-likeness (QED) is 0.543. The van der Waals surface area contributed by atoms with E-state index in [1.807, 2.05) is 0 Å². The Morgan fingerprint density at radius 1 is 1.24 bits per heavy atom. The molecule has 1 aromatic heterocycles. The topological polar surface area (TPSA) is 109 Å². The summed E-state index contributed by atoms with van der Waals surface area (Å²) in [5.74, 6) is 0.0121. The van der Waals surface area contributed by atoms with Crippen LogP contribution in [0.5, 0.6) is 0 Å². The van der Waals surface area contributed by atoms with E-state index < -0.39 is 12.0 Å². The molecule has 29 heavy (non-hydrogen) atoms. The first-order chi connectivity index (χ1) is 13.9. The number of carboxylic acid groups (broad SMARTS) is 1. The Balaban J connectivity index is 1.62. The molecule has 2 fully saturated rings. The van der Waals surface area contributed by atoms with Gasteiger partial charge in [0.1, 0.15) is 6.04 Å². The van der Waals surface area contributed by atoms with Gasteiger partial charge >= 0.3 is 12.0 Å². The average Bonchev–Trinajstić information content (AvgIpc) is 3.15. The van der Waals surface area contributed by atoms with Crippen LogP contribution in [0.25, 0.3) is 0 Å². The van der Waals surface area contributed by atoms with Crippen LogP contribution in [0.2, 0.25) is 0 Å². The molecule has 3 rings (SSSR count). The first-order valence-corrected chi connectivity index (χ1v) is 12.4. The number of carboxylic acids is 1. The van der Waals surface area contributed by atoms with E-state index in [0.717, 1.165) is 35.8 Å². The standard InChI is InChI=1S/C20H32N4O3S2/c1-13-7-9-15(10-8-13)24(14-5-3-2-4-6-14)20(27)23-19-22-11-17(29-19)28-12-16(21)18(25)26/h11,13-16H,2-10,12,21H2,1H3,(H,25,26)(H,22,23,27)/t13?,15?,16-/m1/s1. The number of aliphatic carboxylic acids is 1. The van der Waals surface area contributed by atoms with Gasteiger partial charge in [0.2, 0.25) is 0 Å². The predicted octanol–water partition coefficient (Wildman–Crippen LogP) is 4.39. The van der Waals surface area contributed by atoms with Crippen LogP contribution in [0.1, 0.15) is 64.7 Å². The maximum atomic E-state index is 13.2. The Hall–Kier alpha value is -1.32. The molecule has 2 aliphatic rings. The third kappa shape index (κ3) is 6.33. The number of thioether (sulfide) groups is 1. The molecule has 0 aromatic carbocycles. The molecule has 2 amide bonds. The highest BCUT2D eigenvalue weighted by atomic mass is 32.2. The fourth-order valence-corrected chi connectivity index (χ4v) is 6.12. The van der Waals surface area contributed by atoms with Gasteiger partial charge in [0.05, 0.1) is 10.4 Å². The van der Waals surface area contributed by atoms with E-state index in [0.29, 0.717) is 17.2 Å². The van der Waals surface area contributed by atoms with Gasteiger partial charge in [0.25, 0.3) is 0 Å². The number of nitrogens with zero attached hydrogens (tertiary/aromatic N) is 2. The number of nitrogens with two attached hydrogens (primary N) is 1. The summed E-state index contributed by atoms with van der Waals surface area (Å²) in [5.41, 5.74) is 5.55. The fraction of sp³-hybridized carbons (Fsp3) is 0.750. The highest BCUT2D eigenvalue weighted by Crippen LogP contribution is 2.34. The lowest BCUT2D eigenvalue weighted by Gasteiger charge is -2.42. The number of hydrogen-bond acceptors (Lipinski definition) is 6. The number of nitrogens with one attached hydrogen (secondary N) is 1. The summed E-state index contributed by atoms with van der Waals surface area (Å²) in [7, 11) is 0. The van der Waals surface area contributed by atoms with Gasteiger partial charge < -0.3 is 15.7 Å². The second-order valence-corrected chi connectivity index (χ2v) is 10.6. The highest BCUT2D eigenvalue weighted by molar-refractivity contribution is 8.01. The summed E-state index contributed by atoms with van der Waals surface area (Å²) in [6.45, 7) is 2.30. The van der Waals surface area contributed by atoms with Crippen LogP contribution < -0.4 is 11.1 Å². The molecule has 4 N–H and O–H groups in total. The Morgan fingerprint density at radius 2 is 1.90 bits per heavy atom. The number of urea groups is 1. The van der Waals surface area contributed by atoms with Crippen LogP contribution >= 0.6 is 23.1 Å². The van der Waals surface area contributed by atoms with Crippen LogP contribution in [-0.2, 0) is 4.79 Å². The summed E-state index contributed by atoms with van der Waals surface area (Å²) in [6.07, 6.45) is 12.0. The second kappa shape index (κ2) is 10.6. The van der Waals surface area contributed by atoms with Crippen LogP contribution in [0.4, 0.5) is 9.93 Å². The Labute approximate surface area is 180 Å². The normalized spacial score (nSPS) is 24.1. The molecule has 9 heteroatoms. The van der Waals surface area contributed by atoms with Gasteiger partial charge in [0.15, 0.2) is 5.13 Å². The molecule has 1 heterocycles. The van der Waals surface area contributed by atoms with Crippen molar-refractivity contribution in [2.45, 2.75) is 87.0 Å². The number of thiazole rings is 1. The molecule has 0 unspecified atom stereocenters. The van der Waals surface area contributed by atoms with Crippen molar-refractivity contribution in [2.75, 3.05) is 11.1 Å². The molecule has 7 nitrogen and oxygen atoms in total. The first-order valence-electron chi connectivity index (χ1n) is 10.6. The van der Waals surface area contributed by atoms with Crippen LogP contribution in [0.15, 0.2) is 10.4 Å². The van der Waals surface area contributed by atoms with Crippen molar-refractivity contribution in [3.8, 4) is 0 Å². The molecule has 1 aromatic rings. The van der Waals surface area contributed by atoms with Crippen molar-refractivity contribution in [2.24, 2.45) is 11.7 Å². The minimum absolute atomic E-state index is 0.0374. The zero-order chi connectivity index (χ0) is 20.8. The van der Waals surface area contributed by atoms with E-state index in [2.05, 4.69) is 22.1 Å². The lowest BCUT2D eigenvalue weighted by molar-refractivity contribution is -0.137. The summed E-state index contributed by atoms with van der Waals surface area (Å²) in [4.78, 5) is 30.5. The van der Waals surface area contributed by atoms with Gasteiger partial charge in [-0.1, -0.05) is 37.5 Å². The van der Waals surface area contributed by atoms with Crippen molar-refractivity contribution in [3.05, 3.63) is 6.20 Å². The lowest BCUT2D eigenvalue weighted by Crippen LogP contribution is -2.51. The maximum absolute atomic E-state index is 13.2. The average molecular weight is 441 g/mol. The lowest BCUT2D eigenvalue weighted by atomic mass is 9.84. The molecule has 2 aliphatic carbocycles. The Morgan fingerprint density at radius 3 is 2.55 bits per heavy atom. The third-order valence-electron chi connectivity index (χ3n) is 6.00. The smallest absolute Gasteiger partial charge is 0.324 e. The van der Waals surface area contributed by atoms with Crippen molar-refractivity contribution in [1.29, 1.82) is 0 Å². The minimum atomic E-state index is -1.01. The van der Waals surface area contributed by atoms with E-state index >= 15 is 0 Å². The van der Waals surface area contributed by atoms with Crippen molar-refractivity contribution in [3.63, 3.8) is 0 Å². The van der Waals surface area contributed by atoms with E-state index in [1.165, 1.54) is 55.2 Å². The number of anilines is 1. The van der Waals surface area contributed by atoms with Gasteiger partial charge in [-0.15, -0.1) is 11.8 Å². The number of carbonyl (C=O) groups excluding carboxylic acids is 1. The fourth-order valence-electron chi connectivity index (χ4n) is 4.29. The van der Waals surface area contributed by atoms with Crippen molar-refractivity contribution >= 4 is 40.2 Å². The van der Waals surface area contributed by atoms with E-state index in [-0.39, 0.29) is 11.8 Å². The summed E-state index contributed by atoms with van der Waals surface area (Å²) >= 11 is 2.73. The zero-order valence-electron chi connectivity index (χ0n) is 17.0. The van der Waals surface area contributed by atoms with Gasteiger partial charge in [-0.2, -0.15) is 0 Å². The minimum Gasteiger partial charge on any atom is -0.480 e. The molecule has 162 valence electrons. The molecule has 0 saturated heterocycles. The number of carbonyl (C=O) groups is 2. The first kappa shape index (κ1) is 22.4. The molecule has 0 spiro atoms. The summed E-state index contributed by atoms with van der Waals surface area (Å²) < 4.78 is 0.854. The molecule has 0 bridgehead atoms. The van der Waals surface area contributed by atoms with Gasteiger partial charge in [-0.05, 0) is 44.4 Å². The molecular weight excluding hydrogens is 408 g/mol. The number of rotatable bonds is 7. The Kier molecular flexibility index (Phi) is 8.20. The maximum Gasteiger partial charge on any atom is 0.324 e. The Bertz CT molecular complexity index is 685. The monoisotopic (exact) mass is 440 g/mol. The molecule has 0 aliphatic heterocycles. The van der Waals surface area contributed by atoms with Crippen LogP contribution in [-0.4, -0.2) is 50.9 Å². The highest BCUT2D eigenvalue weighted by Gasteiger charge is 2.34. The third-order valence-corrected chi connectivity index (χ3v) is 8.23. The SMILES string of the molecule is CC1CCC(N(C(=O)Nc2ncc(SC[C@@H](N)C(=O)O)s2)C2CCCCC2)CC1. The van der Waals surface area contributed by atoms with E-state index in [4.69, 9.17) is 10.8 Å². The molecule has 2 saturated carbocycles. The van der Waals surface area contributed by atoms with E-state index in [9.17, 15) is 9.59 Å². The summed E-state index contributed by atoms with van der Waals surface area (Å²) in [5, 5.41) is 12.5. The van der Waals surface area contributed by atoms with Gasteiger partial charge in [-0.3, -0.25) is 10.1 Å². The van der Waals surface area contributed by atoms with Gasteiger partial charge in [-0.25, -0.2) is 9.78 Å². The number of aromatic nitrogens is 1. The zero-order valence-corrected chi connectivity index (χ0v) is 18.6. The number of amides is 2. The predicted molar refractivity (Wildman–Crippen MR) is 118 cm³/mol. The van der Waals surface area contributed by atoms with Crippen LogP contribution in [0.3, 0.4) is 0 Å². The molecule has 0 radical (unpaired) electrons. The number of hydrogen-bond donors (Lipinski definition) is 3. The molecule has 1 atom stereocenters. The largest absolute Gasteiger partial charge is 0.480 e. The summed E-state index contributed by atoms with van der Waals surface area (Å²) in [6, 6.07) is -0.304. The van der Waals surface area contributed by atoms with E-state index in [1.54, 1.807) is 6.20 Å². The van der Waals surface area contributed by atoms with Crippen LogP contribution in [0, 0.1) is 5.92 Å².